The van der Waals surface area contributed by atoms with E-state index in [2.05, 4.69) is 25.5 Å². The van der Waals surface area contributed by atoms with Crippen LogP contribution in [0.2, 0.25) is 10.0 Å². The van der Waals surface area contributed by atoms with Gasteiger partial charge >= 0.3 is 0 Å². The van der Waals surface area contributed by atoms with Crippen molar-refractivity contribution in [2.24, 2.45) is 0 Å². The standard InChI is InChI=1S/C16H13Cl2N5O/c17-11-4-1-10(2-5-11)3-6-14(24)20-16-21-15(22-23-16)12-7-8-19-9-13(12)18/h1-2,4-5,7-9H,3,6H2,(H2,20,21,22,23,24). The van der Waals surface area contributed by atoms with Crippen LogP contribution >= 0.6 is 23.2 Å². The minimum atomic E-state index is -0.170. The van der Waals surface area contributed by atoms with E-state index in [1.165, 1.54) is 6.20 Å². The van der Waals surface area contributed by atoms with Gasteiger partial charge in [-0.1, -0.05) is 35.3 Å². The van der Waals surface area contributed by atoms with E-state index in [9.17, 15) is 4.79 Å². The van der Waals surface area contributed by atoms with Gasteiger partial charge in [-0.25, -0.2) is 0 Å². The van der Waals surface area contributed by atoms with E-state index < -0.39 is 0 Å². The molecule has 2 aromatic heterocycles. The van der Waals surface area contributed by atoms with E-state index in [0.29, 0.717) is 34.3 Å². The van der Waals surface area contributed by atoms with Gasteiger partial charge in [0.25, 0.3) is 0 Å². The van der Waals surface area contributed by atoms with Crippen molar-refractivity contribution in [1.82, 2.24) is 20.2 Å². The molecule has 3 rings (SSSR count). The highest BCUT2D eigenvalue weighted by molar-refractivity contribution is 6.33. The van der Waals surface area contributed by atoms with Crippen LogP contribution in [0.4, 0.5) is 5.95 Å². The molecule has 0 aliphatic rings. The molecule has 2 heterocycles. The Kier molecular flexibility index (Phi) is 5.08. The predicted octanol–water partition coefficient (Wildman–Crippen LogP) is 3.74. The van der Waals surface area contributed by atoms with E-state index in [1.54, 1.807) is 24.4 Å². The number of H-pyrrole nitrogens is 1. The maximum atomic E-state index is 12.0. The Balaban J connectivity index is 1.59. The molecule has 0 aliphatic heterocycles. The maximum Gasteiger partial charge on any atom is 0.249 e. The molecule has 122 valence electrons. The molecule has 0 aliphatic carbocycles. The Morgan fingerprint density at radius 2 is 1.96 bits per heavy atom. The van der Waals surface area contributed by atoms with Gasteiger partial charge in [0.1, 0.15) is 0 Å². The number of aryl methyl sites for hydroxylation is 1. The molecule has 0 spiro atoms. The van der Waals surface area contributed by atoms with E-state index in [1.807, 2.05) is 12.1 Å². The molecule has 24 heavy (non-hydrogen) atoms. The monoisotopic (exact) mass is 361 g/mol. The van der Waals surface area contributed by atoms with Crippen LogP contribution in [-0.4, -0.2) is 26.1 Å². The predicted molar refractivity (Wildman–Crippen MR) is 93.0 cm³/mol. The molecule has 6 nitrogen and oxygen atoms in total. The zero-order valence-corrected chi connectivity index (χ0v) is 14.0. The summed E-state index contributed by atoms with van der Waals surface area (Å²) >= 11 is 11.9. The van der Waals surface area contributed by atoms with Crippen molar-refractivity contribution in [2.75, 3.05) is 5.32 Å². The minimum absolute atomic E-state index is 0.170. The zero-order valence-electron chi connectivity index (χ0n) is 12.5. The fourth-order valence-corrected chi connectivity index (χ4v) is 2.44. The molecule has 0 fully saturated rings. The van der Waals surface area contributed by atoms with E-state index in [0.717, 1.165) is 5.56 Å². The van der Waals surface area contributed by atoms with Gasteiger partial charge in [0.2, 0.25) is 11.9 Å². The number of hydrogen-bond donors (Lipinski definition) is 2. The first kappa shape index (κ1) is 16.4. The summed E-state index contributed by atoms with van der Waals surface area (Å²) in [6, 6.07) is 9.11. The molecule has 0 radical (unpaired) electrons. The number of carbonyl (C=O) groups excluding carboxylic acids is 1. The number of pyridine rings is 1. The Labute approximate surface area is 148 Å². The number of nitrogens with zero attached hydrogens (tertiary/aromatic N) is 3. The molecule has 0 unspecified atom stereocenters. The molecule has 0 bridgehead atoms. The average Bonchev–Trinajstić information content (AvgIpc) is 3.03. The van der Waals surface area contributed by atoms with Crippen molar-refractivity contribution in [3.05, 3.63) is 58.3 Å². The van der Waals surface area contributed by atoms with Crippen LogP contribution < -0.4 is 5.32 Å². The number of aromatic amines is 1. The molecule has 8 heteroatoms. The summed E-state index contributed by atoms with van der Waals surface area (Å²) in [6.07, 6.45) is 4.05. The largest absolute Gasteiger partial charge is 0.293 e. The van der Waals surface area contributed by atoms with Gasteiger partial charge in [-0.3, -0.25) is 20.2 Å². The highest BCUT2D eigenvalue weighted by Gasteiger charge is 2.11. The fourth-order valence-electron chi connectivity index (χ4n) is 2.10. The summed E-state index contributed by atoms with van der Waals surface area (Å²) in [6.45, 7) is 0. The SMILES string of the molecule is O=C(CCc1ccc(Cl)cc1)Nc1n[nH]c(-c2ccncc2Cl)n1. The van der Waals surface area contributed by atoms with Gasteiger partial charge in [0.15, 0.2) is 5.82 Å². The maximum absolute atomic E-state index is 12.0. The van der Waals surface area contributed by atoms with Crippen LogP contribution in [0.15, 0.2) is 42.7 Å². The van der Waals surface area contributed by atoms with Crippen molar-refractivity contribution in [3.63, 3.8) is 0 Å². The van der Waals surface area contributed by atoms with Crippen LogP contribution in [-0.2, 0) is 11.2 Å². The number of benzene rings is 1. The Morgan fingerprint density at radius 3 is 2.71 bits per heavy atom. The van der Waals surface area contributed by atoms with E-state index in [-0.39, 0.29) is 11.9 Å². The van der Waals surface area contributed by atoms with Crippen LogP contribution in [0.5, 0.6) is 0 Å². The fraction of sp³-hybridized carbons (Fsp3) is 0.125. The second kappa shape index (κ2) is 7.42. The van der Waals surface area contributed by atoms with Gasteiger partial charge in [0, 0.05) is 29.4 Å². The van der Waals surface area contributed by atoms with Gasteiger partial charge in [-0.15, -0.1) is 5.10 Å². The topological polar surface area (TPSA) is 83.6 Å². The Hall–Kier alpha value is -2.44. The molecule has 3 aromatic rings. The first-order valence-corrected chi connectivity index (χ1v) is 7.94. The lowest BCUT2D eigenvalue weighted by molar-refractivity contribution is -0.116. The molecule has 0 saturated carbocycles. The van der Waals surface area contributed by atoms with Crippen molar-refractivity contribution in [2.45, 2.75) is 12.8 Å². The highest BCUT2D eigenvalue weighted by atomic mass is 35.5. The molecule has 1 amide bonds. The summed E-state index contributed by atoms with van der Waals surface area (Å²) < 4.78 is 0. The summed E-state index contributed by atoms with van der Waals surface area (Å²) in [7, 11) is 0. The number of carbonyl (C=O) groups is 1. The smallest absolute Gasteiger partial charge is 0.249 e. The molecule has 1 aromatic carbocycles. The quantitative estimate of drug-likeness (QED) is 0.724. The van der Waals surface area contributed by atoms with Gasteiger partial charge in [0.05, 0.1) is 5.02 Å². The lowest BCUT2D eigenvalue weighted by atomic mass is 10.1. The molecule has 0 saturated heterocycles. The zero-order chi connectivity index (χ0) is 16.9. The number of hydrogen-bond acceptors (Lipinski definition) is 4. The third kappa shape index (κ3) is 4.10. The Morgan fingerprint density at radius 1 is 1.17 bits per heavy atom. The van der Waals surface area contributed by atoms with Gasteiger partial charge in [-0.05, 0) is 30.2 Å². The molecular weight excluding hydrogens is 349 g/mol. The summed E-state index contributed by atoms with van der Waals surface area (Å²) in [5, 5.41) is 10.5. The number of anilines is 1. The van der Waals surface area contributed by atoms with Crippen LogP contribution in [0.1, 0.15) is 12.0 Å². The number of rotatable bonds is 5. The molecule has 2 N–H and O–H groups in total. The number of nitrogens with one attached hydrogen (secondary N) is 2. The van der Waals surface area contributed by atoms with Crippen molar-refractivity contribution in [1.29, 1.82) is 0 Å². The molecular formula is C16H13Cl2N5O. The van der Waals surface area contributed by atoms with E-state index in [4.69, 9.17) is 23.2 Å². The van der Waals surface area contributed by atoms with Crippen molar-refractivity contribution < 1.29 is 4.79 Å². The second-order valence-electron chi connectivity index (χ2n) is 5.04. The highest BCUT2D eigenvalue weighted by Crippen LogP contribution is 2.23. The average molecular weight is 362 g/mol. The first-order chi connectivity index (χ1) is 11.6. The summed E-state index contributed by atoms with van der Waals surface area (Å²) in [4.78, 5) is 20.1. The first-order valence-electron chi connectivity index (χ1n) is 7.18. The third-order valence-electron chi connectivity index (χ3n) is 3.32. The lowest BCUT2D eigenvalue weighted by Gasteiger charge is -2.02. The van der Waals surface area contributed by atoms with Gasteiger partial charge < -0.3 is 0 Å². The number of aromatic nitrogens is 4. The number of halogens is 2. The van der Waals surface area contributed by atoms with Gasteiger partial charge in [-0.2, -0.15) is 4.98 Å². The third-order valence-corrected chi connectivity index (χ3v) is 3.87. The minimum Gasteiger partial charge on any atom is -0.293 e. The second-order valence-corrected chi connectivity index (χ2v) is 5.88. The van der Waals surface area contributed by atoms with Crippen LogP contribution in [0, 0.1) is 0 Å². The number of amides is 1. The van der Waals surface area contributed by atoms with Crippen LogP contribution in [0.25, 0.3) is 11.4 Å². The summed E-state index contributed by atoms with van der Waals surface area (Å²) in [5.41, 5.74) is 1.70. The Bertz CT molecular complexity index is 848. The summed E-state index contributed by atoms with van der Waals surface area (Å²) in [5.74, 6) is 0.505. The van der Waals surface area contributed by atoms with Crippen LogP contribution in [0.3, 0.4) is 0 Å². The van der Waals surface area contributed by atoms with E-state index >= 15 is 0 Å². The normalized spacial score (nSPS) is 10.6. The van der Waals surface area contributed by atoms with Crippen molar-refractivity contribution in [3.8, 4) is 11.4 Å². The lowest BCUT2D eigenvalue weighted by Crippen LogP contribution is -2.13. The van der Waals surface area contributed by atoms with Crippen molar-refractivity contribution >= 4 is 35.1 Å². The molecule has 0 atom stereocenters.